The molecule has 1 aromatic carbocycles. The quantitative estimate of drug-likeness (QED) is 0.842. The van der Waals surface area contributed by atoms with E-state index < -0.39 is 0 Å². The Kier molecular flexibility index (Phi) is 4.72. The standard InChI is InChI=1S/C14H19Cl2N/c1-2-8-17-14-5-3-4-11(14)10-6-7-12(15)13(16)9-10/h6-7,9,11,14,17H,2-5,8H2,1H3. The molecule has 2 unspecified atom stereocenters. The van der Waals surface area contributed by atoms with Gasteiger partial charge in [0.25, 0.3) is 0 Å². The van der Waals surface area contributed by atoms with Crippen LogP contribution in [0.1, 0.15) is 44.1 Å². The molecule has 17 heavy (non-hydrogen) atoms. The molecule has 94 valence electrons. The molecular formula is C14H19Cl2N. The second-order valence-corrected chi connectivity index (χ2v) is 5.59. The zero-order valence-corrected chi connectivity index (χ0v) is 11.7. The van der Waals surface area contributed by atoms with Crippen LogP contribution in [0, 0.1) is 0 Å². The van der Waals surface area contributed by atoms with Gasteiger partial charge in [0, 0.05) is 6.04 Å². The van der Waals surface area contributed by atoms with Gasteiger partial charge in [0.1, 0.15) is 0 Å². The third-order valence-corrected chi connectivity index (χ3v) is 4.28. The molecule has 0 heterocycles. The zero-order valence-electron chi connectivity index (χ0n) is 10.2. The van der Waals surface area contributed by atoms with Crippen molar-refractivity contribution in [1.29, 1.82) is 0 Å². The van der Waals surface area contributed by atoms with Crippen molar-refractivity contribution in [1.82, 2.24) is 5.32 Å². The second-order valence-electron chi connectivity index (χ2n) is 4.77. The first kappa shape index (κ1) is 13.2. The summed E-state index contributed by atoms with van der Waals surface area (Å²) in [4.78, 5) is 0. The summed E-state index contributed by atoms with van der Waals surface area (Å²) in [7, 11) is 0. The molecule has 2 rings (SSSR count). The number of hydrogen-bond donors (Lipinski definition) is 1. The SMILES string of the molecule is CCCNC1CCCC1c1ccc(Cl)c(Cl)c1. The van der Waals surface area contributed by atoms with Crippen molar-refractivity contribution in [2.75, 3.05) is 6.54 Å². The predicted molar refractivity (Wildman–Crippen MR) is 75.1 cm³/mol. The molecule has 1 aromatic rings. The smallest absolute Gasteiger partial charge is 0.0595 e. The van der Waals surface area contributed by atoms with Gasteiger partial charge >= 0.3 is 0 Å². The molecule has 1 aliphatic carbocycles. The minimum Gasteiger partial charge on any atom is -0.313 e. The van der Waals surface area contributed by atoms with Gasteiger partial charge in [0.15, 0.2) is 0 Å². The summed E-state index contributed by atoms with van der Waals surface area (Å²) >= 11 is 12.1. The summed E-state index contributed by atoms with van der Waals surface area (Å²) in [6.07, 6.45) is 5.00. The molecule has 0 amide bonds. The number of benzene rings is 1. The van der Waals surface area contributed by atoms with E-state index in [0.29, 0.717) is 22.0 Å². The number of nitrogens with one attached hydrogen (secondary N) is 1. The molecular weight excluding hydrogens is 253 g/mol. The molecule has 1 aliphatic rings. The minimum absolute atomic E-state index is 0.594. The Morgan fingerprint density at radius 1 is 1.24 bits per heavy atom. The molecule has 0 aromatic heterocycles. The Hall–Kier alpha value is -0.240. The van der Waals surface area contributed by atoms with Crippen LogP contribution in [0.15, 0.2) is 18.2 Å². The van der Waals surface area contributed by atoms with Crippen LogP contribution >= 0.6 is 23.2 Å². The molecule has 0 saturated heterocycles. The van der Waals surface area contributed by atoms with Crippen molar-refractivity contribution < 1.29 is 0 Å². The summed E-state index contributed by atoms with van der Waals surface area (Å²) in [6, 6.07) is 6.66. The molecule has 0 bridgehead atoms. The lowest BCUT2D eigenvalue weighted by Crippen LogP contribution is -2.31. The topological polar surface area (TPSA) is 12.0 Å². The Morgan fingerprint density at radius 3 is 2.76 bits per heavy atom. The van der Waals surface area contributed by atoms with E-state index >= 15 is 0 Å². The Morgan fingerprint density at radius 2 is 2.06 bits per heavy atom. The average molecular weight is 272 g/mol. The van der Waals surface area contributed by atoms with Crippen LogP contribution in [0.4, 0.5) is 0 Å². The summed E-state index contributed by atoms with van der Waals surface area (Å²) in [5.41, 5.74) is 1.32. The van der Waals surface area contributed by atoms with Gasteiger partial charge in [0.2, 0.25) is 0 Å². The number of rotatable bonds is 4. The van der Waals surface area contributed by atoms with Gasteiger partial charge in [-0.25, -0.2) is 0 Å². The first-order valence-electron chi connectivity index (χ1n) is 6.40. The first-order valence-corrected chi connectivity index (χ1v) is 7.16. The van der Waals surface area contributed by atoms with Crippen LogP contribution in [0.2, 0.25) is 10.0 Å². The summed E-state index contributed by atoms with van der Waals surface area (Å²) in [5.74, 6) is 0.594. The van der Waals surface area contributed by atoms with Crippen LogP contribution in [0.3, 0.4) is 0 Å². The van der Waals surface area contributed by atoms with E-state index in [0.717, 1.165) is 6.54 Å². The molecule has 1 fully saturated rings. The number of hydrogen-bond acceptors (Lipinski definition) is 1. The maximum absolute atomic E-state index is 6.09. The van der Waals surface area contributed by atoms with Gasteiger partial charge in [-0.3, -0.25) is 0 Å². The predicted octanol–water partition coefficient (Wildman–Crippen LogP) is 4.63. The molecule has 1 N–H and O–H groups in total. The second kappa shape index (κ2) is 6.08. The van der Waals surface area contributed by atoms with Crippen molar-refractivity contribution >= 4 is 23.2 Å². The molecule has 0 spiro atoms. The highest BCUT2D eigenvalue weighted by atomic mass is 35.5. The largest absolute Gasteiger partial charge is 0.313 e. The van der Waals surface area contributed by atoms with E-state index in [9.17, 15) is 0 Å². The summed E-state index contributed by atoms with van der Waals surface area (Å²) < 4.78 is 0. The van der Waals surface area contributed by atoms with E-state index in [4.69, 9.17) is 23.2 Å². The van der Waals surface area contributed by atoms with Crippen molar-refractivity contribution in [2.24, 2.45) is 0 Å². The molecule has 3 heteroatoms. The van der Waals surface area contributed by atoms with Gasteiger partial charge in [-0.1, -0.05) is 42.6 Å². The minimum atomic E-state index is 0.594. The van der Waals surface area contributed by atoms with Crippen LogP contribution in [0.5, 0.6) is 0 Å². The maximum Gasteiger partial charge on any atom is 0.0595 e. The highest BCUT2D eigenvalue weighted by Crippen LogP contribution is 2.36. The summed E-state index contributed by atoms with van der Waals surface area (Å²) in [6.45, 7) is 3.30. The van der Waals surface area contributed by atoms with Crippen LogP contribution in [-0.2, 0) is 0 Å². The molecule has 0 aliphatic heterocycles. The van der Waals surface area contributed by atoms with Gasteiger partial charge in [0.05, 0.1) is 10.0 Å². The average Bonchev–Trinajstić information content (AvgIpc) is 2.78. The highest BCUT2D eigenvalue weighted by Gasteiger charge is 2.28. The van der Waals surface area contributed by atoms with E-state index in [1.807, 2.05) is 12.1 Å². The van der Waals surface area contributed by atoms with E-state index in [2.05, 4.69) is 18.3 Å². The van der Waals surface area contributed by atoms with Crippen molar-refractivity contribution in [3.63, 3.8) is 0 Å². The Bertz CT molecular complexity index is 378. The van der Waals surface area contributed by atoms with Crippen LogP contribution in [0.25, 0.3) is 0 Å². The lowest BCUT2D eigenvalue weighted by atomic mass is 9.94. The van der Waals surface area contributed by atoms with Gasteiger partial charge in [-0.05, 0) is 49.4 Å². The third-order valence-electron chi connectivity index (χ3n) is 3.54. The number of halogens is 2. The van der Waals surface area contributed by atoms with E-state index in [-0.39, 0.29) is 0 Å². The lowest BCUT2D eigenvalue weighted by Gasteiger charge is -2.21. The fourth-order valence-electron chi connectivity index (χ4n) is 2.68. The molecule has 1 nitrogen and oxygen atoms in total. The van der Waals surface area contributed by atoms with E-state index in [1.54, 1.807) is 0 Å². The summed E-state index contributed by atoms with van der Waals surface area (Å²) in [5, 5.41) is 4.95. The first-order chi connectivity index (χ1) is 8.22. The van der Waals surface area contributed by atoms with Crippen LogP contribution < -0.4 is 5.32 Å². The zero-order chi connectivity index (χ0) is 12.3. The normalized spacial score (nSPS) is 24.2. The van der Waals surface area contributed by atoms with Crippen molar-refractivity contribution in [2.45, 2.75) is 44.6 Å². The lowest BCUT2D eigenvalue weighted by molar-refractivity contribution is 0.479. The fourth-order valence-corrected chi connectivity index (χ4v) is 2.98. The van der Waals surface area contributed by atoms with Gasteiger partial charge < -0.3 is 5.32 Å². The van der Waals surface area contributed by atoms with Crippen molar-refractivity contribution in [3.8, 4) is 0 Å². The molecule has 1 saturated carbocycles. The molecule has 0 radical (unpaired) electrons. The van der Waals surface area contributed by atoms with E-state index in [1.165, 1.54) is 31.2 Å². The van der Waals surface area contributed by atoms with Crippen LogP contribution in [-0.4, -0.2) is 12.6 Å². The highest BCUT2D eigenvalue weighted by molar-refractivity contribution is 6.42. The Balaban J connectivity index is 2.11. The molecule has 2 atom stereocenters. The fraction of sp³-hybridized carbons (Fsp3) is 0.571. The van der Waals surface area contributed by atoms with Gasteiger partial charge in [-0.2, -0.15) is 0 Å². The van der Waals surface area contributed by atoms with Crippen molar-refractivity contribution in [3.05, 3.63) is 33.8 Å². The van der Waals surface area contributed by atoms with Gasteiger partial charge in [-0.15, -0.1) is 0 Å². The third kappa shape index (κ3) is 3.15. The Labute approximate surface area is 114 Å². The monoisotopic (exact) mass is 271 g/mol. The maximum atomic E-state index is 6.09.